The van der Waals surface area contributed by atoms with Gasteiger partial charge in [0.15, 0.2) is 0 Å². The zero-order valence-corrected chi connectivity index (χ0v) is 14.1. The molecule has 1 aromatic heterocycles. The van der Waals surface area contributed by atoms with Crippen molar-refractivity contribution in [2.24, 2.45) is 0 Å². The number of nitrogens with zero attached hydrogens (tertiary/aromatic N) is 1. The second-order valence-corrected chi connectivity index (χ2v) is 5.39. The number of hydrogen-bond donors (Lipinski definition) is 1. The van der Waals surface area contributed by atoms with Crippen LogP contribution in [0.1, 0.15) is 39.5 Å². The quantitative estimate of drug-likeness (QED) is 0.359. The Morgan fingerprint density at radius 2 is 1.71 bits per heavy atom. The molecule has 132 valence electrons. The number of quaternary nitrogens is 1. The molecule has 0 unspecified atom stereocenters. The maximum atomic E-state index is 11.5. The van der Waals surface area contributed by atoms with Gasteiger partial charge >= 0.3 is 11.3 Å². The highest BCUT2D eigenvalue weighted by Crippen LogP contribution is 2.27. The van der Waals surface area contributed by atoms with Crippen molar-refractivity contribution in [1.82, 2.24) is 0 Å². The first kappa shape index (κ1) is 19.6. The Morgan fingerprint density at radius 1 is 1.12 bits per heavy atom. The summed E-state index contributed by atoms with van der Waals surface area (Å²) in [4.78, 5) is 20.5. The number of unbranched alkanes of at least 4 members (excludes halogenated alkanes) is 2. The first-order valence-corrected chi connectivity index (χ1v) is 8.21. The summed E-state index contributed by atoms with van der Waals surface area (Å²) in [7, 11) is 0. The molecule has 0 saturated heterocycles. The molecular weight excluding hydrogens is 312 g/mol. The van der Waals surface area contributed by atoms with Crippen LogP contribution in [0.25, 0.3) is 11.0 Å². The van der Waals surface area contributed by atoms with Crippen LogP contribution >= 0.6 is 0 Å². The Labute approximate surface area is 140 Å². The molecule has 0 fully saturated rings. The number of nitro groups is 1. The van der Waals surface area contributed by atoms with Gasteiger partial charge in [0.25, 0.3) is 0 Å². The third kappa shape index (κ3) is 5.66. The average molecular weight is 336 g/mol. The minimum Gasteiger partial charge on any atom is -0.867 e. The third-order valence-electron chi connectivity index (χ3n) is 3.45. The van der Waals surface area contributed by atoms with E-state index in [1.54, 1.807) is 6.07 Å². The summed E-state index contributed by atoms with van der Waals surface area (Å²) in [5.74, 6) is -0.910. The summed E-state index contributed by atoms with van der Waals surface area (Å²) in [6.07, 6.45) is 5.43. The molecule has 7 nitrogen and oxygen atoms in total. The van der Waals surface area contributed by atoms with E-state index in [0.717, 1.165) is 0 Å². The largest absolute Gasteiger partial charge is 0.867 e. The fourth-order valence-corrected chi connectivity index (χ4v) is 2.11. The molecular formula is C17H24N2O5. The van der Waals surface area contributed by atoms with Gasteiger partial charge in [-0.05, 0) is 24.7 Å². The van der Waals surface area contributed by atoms with Crippen molar-refractivity contribution in [3.05, 3.63) is 44.8 Å². The molecule has 1 heterocycles. The Balaban J connectivity index is 0.000000277. The van der Waals surface area contributed by atoms with Crippen LogP contribution in [0.4, 0.5) is 5.69 Å². The highest BCUT2D eigenvalue weighted by Gasteiger charge is 2.17. The molecule has 0 atom stereocenters. The standard InChI is InChI=1S/C9H5NO5.C8H19N/c11-8-5-3-1-2-4-6(5)15-9(12)7(8)10(13)14;1-3-5-7-9-8-6-4-2/h1-4,11H;9H,3-8H2,1-2H3. The van der Waals surface area contributed by atoms with Crippen molar-refractivity contribution >= 4 is 16.7 Å². The van der Waals surface area contributed by atoms with E-state index in [1.807, 2.05) is 0 Å². The normalized spacial score (nSPS) is 10.2. The van der Waals surface area contributed by atoms with E-state index in [2.05, 4.69) is 23.6 Å². The minimum absolute atomic E-state index is 0.0313. The van der Waals surface area contributed by atoms with Gasteiger partial charge in [-0.25, -0.2) is 4.79 Å². The van der Waals surface area contributed by atoms with Crippen LogP contribution in [0.3, 0.4) is 0 Å². The molecule has 0 aliphatic carbocycles. The van der Waals surface area contributed by atoms with Gasteiger partial charge < -0.3 is 14.8 Å². The molecule has 0 spiro atoms. The predicted molar refractivity (Wildman–Crippen MR) is 90.1 cm³/mol. The van der Waals surface area contributed by atoms with Crippen LogP contribution in [-0.2, 0) is 0 Å². The zero-order valence-electron chi connectivity index (χ0n) is 14.1. The van der Waals surface area contributed by atoms with E-state index in [9.17, 15) is 20.0 Å². The Morgan fingerprint density at radius 3 is 2.25 bits per heavy atom. The van der Waals surface area contributed by atoms with E-state index < -0.39 is 22.0 Å². The SMILES string of the molecule is CCCC[NH2+]CCCC.O=c1oc2ccccc2c([O-])c1[N+](=O)[O-]. The Kier molecular flexibility index (Phi) is 8.49. The number of para-hydroxylation sites is 1. The molecule has 2 rings (SSSR count). The van der Waals surface area contributed by atoms with Crippen molar-refractivity contribution in [3.63, 3.8) is 0 Å². The summed E-state index contributed by atoms with van der Waals surface area (Å²) >= 11 is 0. The molecule has 24 heavy (non-hydrogen) atoms. The second-order valence-electron chi connectivity index (χ2n) is 5.39. The maximum Gasteiger partial charge on any atom is 0.414 e. The minimum atomic E-state index is -1.22. The van der Waals surface area contributed by atoms with E-state index >= 15 is 0 Å². The van der Waals surface area contributed by atoms with Gasteiger partial charge in [-0.15, -0.1) is 0 Å². The van der Waals surface area contributed by atoms with Gasteiger partial charge in [0.2, 0.25) is 0 Å². The number of rotatable bonds is 7. The topological polar surface area (TPSA) is 113 Å². The van der Waals surface area contributed by atoms with Gasteiger partial charge in [-0.3, -0.25) is 10.1 Å². The molecule has 0 radical (unpaired) electrons. The number of nitrogens with two attached hydrogens (primary N) is 1. The van der Waals surface area contributed by atoms with E-state index in [1.165, 1.54) is 57.0 Å². The van der Waals surface area contributed by atoms with Crippen LogP contribution in [0, 0.1) is 10.1 Å². The van der Waals surface area contributed by atoms with Gasteiger partial charge in [-0.2, -0.15) is 0 Å². The molecule has 2 aromatic rings. The van der Waals surface area contributed by atoms with Crippen molar-refractivity contribution in [2.45, 2.75) is 39.5 Å². The molecule has 2 N–H and O–H groups in total. The van der Waals surface area contributed by atoms with Crippen molar-refractivity contribution in [3.8, 4) is 5.75 Å². The van der Waals surface area contributed by atoms with Crippen molar-refractivity contribution < 1.29 is 19.8 Å². The second kappa shape index (κ2) is 10.4. The van der Waals surface area contributed by atoms with Crippen LogP contribution in [0.15, 0.2) is 33.5 Å². The molecule has 0 aliphatic rings. The van der Waals surface area contributed by atoms with Gasteiger partial charge in [0, 0.05) is 5.39 Å². The summed E-state index contributed by atoms with van der Waals surface area (Å²) in [6, 6.07) is 5.87. The summed E-state index contributed by atoms with van der Waals surface area (Å²) in [6.45, 7) is 7.15. The fraction of sp³-hybridized carbons (Fsp3) is 0.471. The highest BCUT2D eigenvalue weighted by atomic mass is 16.6. The third-order valence-corrected chi connectivity index (χ3v) is 3.45. The van der Waals surface area contributed by atoms with Crippen LogP contribution in [0.2, 0.25) is 0 Å². The van der Waals surface area contributed by atoms with E-state index in [0.29, 0.717) is 0 Å². The van der Waals surface area contributed by atoms with E-state index in [-0.39, 0.29) is 11.0 Å². The maximum absolute atomic E-state index is 11.5. The highest BCUT2D eigenvalue weighted by molar-refractivity contribution is 5.85. The number of hydrogen-bond acceptors (Lipinski definition) is 5. The van der Waals surface area contributed by atoms with Crippen LogP contribution in [-0.4, -0.2) is 18.0 Å². The lowest BCUT2D eigenvalue weighted by Crippen LogP contribution is -2.84. The fourth-order valence-electron chi connectivity index (χ4n) is 2.11. The smallest absolute Gasteiger partial charge is 0.414 e. The van der Waals surface area contributed by atoms with Gasteiger partial charge in [-0.1, -0.05) is 44.9 Å². The van der Waals surface area contributed by atoms with Crippen LogP contribution < -0.4 is 16.0 Å². The summed E-state index contributed by atoms with van der Waals surface area (Å²) in [5.41, 5.74) is -2.21. The lowest BCUT2D eigenvalue weighted by molar-refractivity contribution is -0.655. The summed E-state index contributed by atoms with van der Waals surface area (Å²) < 4.78 is 4.64. The van der Waals surface area contributed by atoms with Gasteiger partial charge in [0.05, 0.1) is 18.0 Å². The molecule has 0 aliphatic heterocycles. The monoisotopic (exact) mass is 336 g/mol. The molecule has 0 bridgehead atoms. The Hall–Kier alpha value is -2.41. The van der Waals surface area contributed by atoms with Crippen LogP contribution in [0.5, 0.6) is 5.75 Å². The lowest BCUT2D eigenvalue weighted by atomic mass is 10.2. The van der Waals surface area contributed by atoms with Crippen molar-refractivity contribution in [1.29, 1.82) is 0 Å². The van der Waals surface area contributed by atoms with E-state index in [4.69, 9.17) is 0 Å². The number of benzene rings is 1. The summed E-state index contributed by atoms with van der Waals surface area (Å²) in [5, 5.41) is 24.4. The molecule has 0 amide bonds. The predicted octanol–water partition coefficient (Wildman–Crippen LogP) is 1.92. The first-order valence-electron chi connectivity index (χ1n) is 8.21. The average Bonchev–Trinajstić information content (AvgIpc) is 2.55. The molecule has 7 heteroatoms. The zero-order chi connectivity index (χ0) is 17.9. The Bertz CT molecular complexity index is 706. The lowest BCUT2D eigenvalue weighted by Gasteiger charge is -2.07. The van der Waals surface area contributed by atoms with Crippen molar-refractivity contribution in [2.75, 3.05) is 13.1 Å². The molecule has 0 saturated carbocycles. The molecule has 1 aromatic carbocycles. The number of fused-ring (bicyclic) bond motifs is 1. The first-order chi connectivity index (χ1) is 11.5. The van der Waals surface area contributed by atoms with Gasteiger partial charge in [0.1, 0.15) is 5.58 Å².